The second kappa shape index (κ2) is 9.33. The molecule has 4 aromatic rings. The molecule has 1 fully saturated rings. The normalized spacial score (nSPS) is 15.4. The minimum atomic E-state index is 0.0610. The van der Waals surface area contributed by atoms with E-state index in [-0.39, 0.29) is 11.9 Å². The Bertz CT molecular complexity index is 1250. The number of nitrogens with zero attached hydrogens (tertiary/aromatic N) is 4. The fraction of sp³-hybridized carbons (Fsp3) is 0.360. The zero-order valence-corrected chi connectivity index (χ0v) is 20.4. The molecule has 0 atom stereocenters. The highest BCUT2D eigenvalue weighted by Gasteiger charge is 2.30. The van der Waals surface area contributed by atoms with Gasteiger partial charge in [-0.25, -0.2) is 0 Å². The number of furan rings is 1. The van der Waals surface area contributed by atoms with E-state index in [2.05, 4.69) is 11.9 Å². The molecular weight excluding hydrogens is 456 g/mol. The molecule has 0 N–H and O–H groups in total. The lowest BCUT2D eigenvalue weighted by molar-refractivity contribution is 0.0555. The maximum absolute atomic E-state index is 13.8. The number of hydrogen-bond acceptors (Lipinski definition) is 5. The van der Waals surface area contributed by atoms with Crippen LogP contribution in [0.25, 0.3) is 10.2 Å². The van der Waals surface area contributed by atoms with Crippen LogP contribution in [0, 0.1) is 6.92 Å². The van der Waals surface area contributed by atoms with E-state index in [9.17, 15) is 4.79 Å². The van der Waals surface area contributed by atoms with Crippen molar-refractivity contribution in [2.75, 3.05) is 20.1 Å². The largest absolute Gasteiger partial charge is 0.467 e. The number of carbonyl (C=O) groups excluding carboxylic acids is 1. The maximum atomic E-state index is 13.8. The lowest BCUT2D eigenvalue weighted by Gasteiger charge is -2.36. The molecule has 0 spiro atoms. The predicted octanol–water partition coefficient (Wildman–Crippen LogP) is 5.44. The number of halogens is 1. The molecule has 0 radical (unpaired) electrons. The molecule has 1 aliphatic rings. The number of carbonyl (C=O) groups is 1. The van der Waals surface area contributed by atoms with Crippen LogP contribution in [0.5, 0.6) is 0 Å². The van der Waals surface area contributed by atoms with Gasteiger partial charge in [0, 0.05) is 16.5 Å². The average molecular weight is 483 g/mol. The number of aromatic nitrogens is 2. The van der Waals surface area contributed by atoms with Crippen LogP contribution in [0.2, 0.25) is 5.02 Å². The highest BCUT2D eigenvalue weighted by molar-refractivity contribution is 7.20. The van der Waals surface area contributed by atoms with Gasteiger partial charge in [0.15, 0.2) is 0 Å². The molecule has 0 saturated carbocycles. The van der Waals surface area contributed by atoms with Crippen molar-refractivity contribution in [3.8, 4) is 0 Å². The maximum Gasteiger partial charge on any atom is 0.264 e. The number of rotatable bonds is 6. The Morgan fingerprint density at radius 2 is 2.03 bits per heavy atom. The summed E-state index contributed by atoms with van der Waals surface area (Å²) in [4.78, 5) is 19.8. The number of hydrogen-bond donors (Lipinski definition) is 0. The van der Waals surface area contributed by atoms with E-state index < -0.39 is 0 Å². The molecule has 1 saturated heterocycles. The minimum absolute atomic E-state index is 0.0610. The average Bonchev–Trinajstić information content (AvgIpc) is 3.54. The Hall–Kier alpha value is -2.61. The summed E-state index contributed by atoms with van der Waals surface area (Å²) in [5.74, 6) is 0.871. The summed E-state index contributed by atoms with van der Waals surface area (Å²) < 4.78 is 7.55. The summed E-state index contributed by atoms with van der Waals surface area (Å²) >= 11 is 7.89. The first-order valence-electron chi connectivity index (χ1n) is 11.2. The summed E-state index contributed by atoms with van der Waals surface area (Å²) in [7, 11) is 2.13. The summed E-state index contributed by atoms with van der Waals surface area (Å²) in [6, 6.07) is 13.8. The van der Waals surface area contributed by atoms with E-state index >= 15 is 0 Å². The van der Waals surface area contributed by atoms with Gasteiger partial charge in [-0.05, 0) is 69.7 Å². The molecule has 172 valence electrons. The van der Waals surface area contributed by atoms with Gasteiger partial charge in [0.2, 0.25) is 0 Å². The molecule has 3 aromatic heterocycles. The van der Waals surface area contributed by atoms with E-state index in [1.807, 2.05) is 59.0 Å². The number of benzene rings is 1. The first kappa shape index (κ1) is 22.2. The second-order valence-electron chi connectivity index (χ2n) is 8.71. The van der Waals surface area contributed by atoms with Crippen molar-refractivity contribution in [3.05, 3.63) is 75.6 Å². The van der Waals surface area contributed by atoms with Gasteiger partial charge in [-0.2, -0.15) is 5.10 Å². The van der Waals surface area contributed by atoms with Crippen molar-refractivity contribution in [3.63, 3.8) is 0 Å². The summed E-state index contributed by atoms with van der Waals surface area (Å²) in [5, 5.41) is 6.46. The van der Waals surface area contributed by atoms with Gasteiger partial charge in [-0.15, -0.1) is 11.3 Å². The SMILES string of the molecule is Cc1nn(Cc2ccccc2Cl)c2sc(C(=O)N(Cc3ccco3)C3CCN(C)CC3)cc12. The zero-order chi connectivity index (χ0) is 22.9. The summed E-state index contributed by atoms with van der Waals surface area (Å²) in [6.07, 6.45) is 3.60. The monoisotopic (exact) mass is 482 g/mol. The van der Waals surface area contributed by atoms with Gasteiger partial charge in [-0.3, -0.25) is 9.48 Å². The Morgan fingerprint density at radius 3 is 2.76 bits per heavy atom. The number of piperidine rings is 1. The molecule has 5 rings (SSSR count). The van der Waals surface area contributed by atoms with Crippen LogP contribution in [0.4, 0.5) is 0 Å². The van der Waals surface area contributed by atoms with Gasteiger partial charge in [0.1, 0.15) is 10.6 Å². The zero-order valence-electron chi connectivity index (χ0n) is 18.8. The van der Waals surface area contributed by atoms with Crippen molar-refractivity contribution in [2.45, 2.75) is 38.9 Å². The molecular formula is C25H27ClN4O2S. The van der Waals surface area contributed by atoms with Crippen molar-refractivity contribution in [1.82, 2.24) is 19.6 Å². The van der Waals surface area contributed by atoms with Gasteiger partial charge in [-0.1, -0.05) is 29.8 Å². The third kappa shape index (κ3) is 4.58. The highest BCUT2D eigenvalue weighted by atomic mass is 35.5. The Balaban J connectivity index is 1.46. The Morgan fingerprint density at radius 1 is 1.24 bits per heavy atom. The van der Waals surface area contributed by atoms with E-state index in [0.717, 1.165) is 63.1 Å². The smallest absolute Gasteiger partial charge is 0.264 e. The molecule has 0 aliphatic carbocycles. The van der Waals surface area contributed by atoms with E-state index in [1.165, 1.54) is 11.3 Å². The molecule has 4 heterocycles. The second-order valence-corrected chi connectivity index (χ2v) is 10.1. The number of likely N-dealkylation sites (tertiary alicyclic amines) is 1. The summed E-state index contributed by atoms with van der Waals surface area (Å²) in [6.45, 7) is 5.03. The molecule has 1 aliphatic heterocycles. The quantitative estimate of drug-likeness (QED) is 0.367. The van der Waals surface area contributed by atoms with E-state index in [4.69, 9.17) is 21.1 Å². The predicted molar refractivity (Wildman–Crippen MR) is 132 cm³/mol. The number of aryl methyl sites for hydroxylation is 1. The lowest BCUT2D eigenvalue weighted by atomic mass is 10.0. The number of thiophene rings is 1. The van der Waals surface area contributed by atoms with Gasteiger partial charge >= 0.3 is 0 Å². The van der Waals surface area contributed by atoms with Crippen LogP contribution in [0.15, 0.2) is 53.1 Å². The molecule has 0 bridgehead atoms. The van der Waals surface area contributed by atoms with Crippen LogP contribution in [-0.4, -0.2) is 51.7 Å². The Kier molecular flexibility index (Phi) is 6.27. The molecule has 6 nitrogen and oxygen atoms in total. The van der Waals surface area contributed by atoms with Crippen molar-refractivity contribution in [2.24, 2.45) is 0 Å². The van der Waals surface area contributed by atoms with Gasteiger partial charge < -0.3 is 14.2 Å². The van der Waals surface area contributed by atoms with E-state index in [1.54, 1.807) is 6.26 Å². The number of fused-ring (bicyclic) bond motifs is 1. The molecule has 1 amide bonds. The van der Waals surface area contributed by atoms with Crippen molar-refractivity contribution >= 4 is 39.1 Å². The van der Waals surface area contributed by atoms with E-state index in [0.29, 0.717) is 13.1 Å². The molecule has 33 heavy (non-hydrogen) atoms. The van der Waals surface area contributed by atoms with Gasteiger partial charge in [0.25, 0.3) is 5.91 Å². The third-order valence-electron chi connectivity index (χ3n) is 6.39. The standard InChI is InChI=1S/C25H27ClN4O2S/c1-17-21-14-23(33-25(21)30(27-17)15-18-6-3-4-8-22(18)26)24(31)29(16-20-7-5-13-32-20)19-9-11-28(2)12-10-19/h3-8,13-14,19H,9-12,15-16H2,1-2H3. The third-order valence-corrected chi connectivity index (χ3v) is 7.90. The van der Waals surface area contributed by atoms with Crippen molar-refractivity contribution in [1.29, 1.82) is 0 Å². The Labute approximate surface area is 202 Å². The fourth-order valence-corrected chi connectivity index (χ4v) is 5.81. The number of amides is 1. The van der Waals surface area contributed by atoms with Crippen LogP contribution in [-0.2, 0) is 13.1 Å². The molecule has 0 unspecified atom stereocenters. The van der Waals surface area contributed by atoms with Gasteiger partial charge in [0.05, 0.1) is 29.9 Å². The minimum Gasteiger partial charge on any atom is -0.467 e. The topological polar surface area (TPSA) is 54.5 Å². The van der Waals surface area contributed by atoms with Crippen LogP contribution >= 0.6 is 22.9 Å². The molecule has 8 heteroatoms. The first-order chi connectivity index (χ1) is 16.0. The molecule has 1 aromatic carbocycles. The lowest BCUT2D eigenvalue weighted by Crippen LogP contribution is -2.46. The van der Waals surface area contributed by atoms with Crippen LogP contribution in [0.1, 0.15) is 39.5 Å². The fourth-order valence-electron chi connectivity index (χ4n) is 4.50. The summed E-state index contributed by atoms with van der Waals surface area (Å²) in [5.41, 5.74) is 1.93. The van der Waals surface area contributed by atoms with Crippen molar-refractivity contribution < 1.29 is 9.21 Å². The highest BCUT2D eigenvalue weighted by Crippen LogP contribution is 2.32. The van der Waals surface area contributed by atoms with Crippen LogP contribution < -0.4 is 0 Å². The first-order valence-corrected chi connectivity index (χ1v) is 12.4. The van der Waals surface area contributed by atoms with Crippen LogP contribution in [0.3, 0.4) is 0 Å².